The number of carbonyl (C=O) groups is 1. The van der Waals surface area contributed by atoms with Crippen LogP contribution in [0.2, 0.25) is 5.02 Å². The maximum atomic E-state index is 12.6. The van der Waals surface area contributed by atoms with Gasteiger partial charge in [0.25, 0.3) is 0 Å². The molecule has 0 aromatic heterocycles. The van der Waals surface area contributed by atoms with Gasteiger partial charge in [-0.3, -0.25) is 10.1 Å². The molecule has 4 heteroatoms. The summed E-state index contributed by atoms with van der Waals surface area (Å²) in [5.41, 5.74) is 2.08. The second-order valence-corrected chi connectivity index (χ2v) is 6.50. The Morgan fingerprint density at radius 2 is 1.70 bits per heavy atom. The molecule has 0 radical (unpaired) electrons. The van der Waals surface area contributed by atoms with Crippen molar-refractivity contribution < 1.29 is 4.79 Å². The molecule has 3 nitrogen and oxygen atoms in total. The predicted octanol–water partition coefficient (Wildman–Crippen LogP) is 4.01. The lowest BCUT2D eigenvalue weighted by atomic mass is 10.0. The lowest BCUT2D eigenvalue weighted by molar-refractivity contribution is -0.123. The fourth-order valence-electron chi connectivity index (χ4n) is 2.58. The monoisotopic (exact) mass is 328 g/mol. The highest BCUT2D eigenvalue weighted by Crippen LogP contribution is 2.24. The Morgan fingerprint density at radius 3 is 2.30 bits per heavy atom. The standard InChI is InChI=1S/C19H21ClN2O/c1-13(14-7-9-16(20)10-8-14)21-18(15-5-3-2-4-6-15)19(23)22-17-11-12-17/h2-10,13,17-18,21H,11-12H2,1H3,(H,22,23)/t13-,18+/m0/s1. The van der Waals surface area contributed by atoms with Crippen LogP contribution in [0.5, 0.6) is 0 Å². The number of benzene rings is 2. The summed E-state index contributed by atoms with van der Waals surface area (Å²) in [7, 11) is 0. The minimum Gasteiger partial charge on any atom is -0.352 e. The molecule has 2 aromatic rings. The van der Waals surface area contributed by atoms with Gasteiger partial charge in [-0.1, -0.05) is 54.1 Å². The molecular formula is C19H21ClN2O. The molecule has 0 bridgehead atoms. The fourth-order valence-corrected chi connectivity index (χ4v) is 2.70. The number of amides is 1. The normalized spacial score (nSPS) is 16.6. The van der Waals surface area contributed by atoms with Gasteiger partial charge < -0.3 is 5.32 Å². The molecule has 0 saturated heterocycles. The van der Waals surface area contributed by atoms with E-state index in [1.807, 2.05) is 54.6 Å². The Balaban J connectivity index is 1.77. The van der Waals surface area contributed by atoms with Crippen molar-refractivity contribution in [2.24, 2.45) is 0 Å². The first kappa shape index (κ1) is 16.0. The Bertz CT molecular complexity index is 653. The van der Waals surface area contributed by atoms with Crippen LogP contribution in [0.1, 0.15) is 43.0 Å². The van der Waals surface area contributed by atoms with Crippen LogP contribution in [-0.2, 0) is 4.79 Å². The summed E-state index contributed by atoms with van der Waals surface area (Å²) in [4.78, 5) is 12.6. The topological polar surface area (TPSA) is 41.1 Å². The second kappa shape index (κ2) is 7.16. The van der Waals surface area contributed by atoms with E-state index in [0.29, 0.717) is 11.1 Å². The van der Waals surface area contributed by atoms with Gasteiger partial charge in [0.1, 0.15) is 6.04 Å². The van der Waals surface area contributed by atoms with E-state index >= 15 is 0 Å². The first-order valence-corrected chi connectivity index (χ1v) is 8.38. The smallest absolute Gasteiger partial charge is 0.241 e. The molecule has 1 aliphatic rings. The van der Waals surface area contributed by atoms with E-state index in [0.717, 1.165) is 24.0 Å². The van der Waals surface area contributed by atoms with Crippen LogP contribution < -0.4 is 10.6 Å². The van der Waals surface area contributed by atoms with Gasteiger partial charge in [-0.15, -0.1) is 0 Å². The van der Waals surface area contributed by atoms with E-state index in [1.54, 1.807) is 0 Å². The van der Waals surface area contributed by atoms with Crippen LogP contribution in [0.25, 0.3) is 0 Å². The zero-order valence-electron chi connectivity index (χ0n) is 13.1. The van der Waals surface area contributed by atoms with Crippen LogP contribution >= 0.6 is 11.6 Å². The molecule has 23 heavy (non-hydrogen) atoms. The first-order valence-electron chi connectivity index (χ1n) is 8.00. The van der Waals surface area contributed by atoms with Crippen LogP contribution in [0.15, 0.2) is 54.6 Å². The average molecular weight is 329 g/mol. The van der Waals surface area contributed by atoms with Crippen molar-refractivity contribution in [3.05, 3.63) is 70.7 Å². The van der Waals surface area contributed by atoms with Crippen molar-refractivity contribution in [2.75, 3.05) is 0 Å². The molecular weight excluding hydrogens is 308 g/mol. The third-order valence-corrected chi connectivity index (χ3v) is 4.36. The highest BCUT2D eigenvalue weighted by atomic mass is 35.5. The number of nitrogens with one attached hydrogen (secondary N) is 2. The average Bonchev–Trinajstić information content (AvgIpc) is 3.37. The van der Waals surface area contributed by atoms with Crippen LogP contribution in [0.4, 0.5) is 0 Å². The lowest BCUT2D eigenvalue weighted by Crippen LogP contribution is -2.39. The SMILES string of the molecule is C[C@H](N[C@@H](C(=O)NC1CC1)c1ccccc1)c1ccc(Cl)cc1. The van der Waals surface area contributed by atoms with E-state index in [1.165, 1.54) is 0 Å². The molecule has 1 fully saturated rings. The molecule has 0 unspecified atom stereocenters. The number of halogens is 1. The van der Waals surface area contributed by atoms with E-state index in [-0.39, 0.29) is 18.0 Å². The zero-order valence-corrected chi connectivity index (χ0v) is 13.9. The highest BCUT2D eigenvalue weighted by molar-refractivity contribution is 6.30. The summed E-state index contributed by atoms with van der Waals surface area (Å²) < 4.78 is 0. The third kappa shape index (κ3) is 4.34. The summed E-state index contributed by atoms with van der Waals surface area (Å²) in [6, 6.07) is 17.6. The molecule has 0 aliphatic heterocycles. The number of hydrogen-bond donors (Lipinski definition) is 2. The molecule has 2 N–H and O–H groups in total. The van der Waals surface area contributed by atoms with Gasteiger partial charge in [-0.25, -0.2) is 0 Å². The Labute approximate surface area is 142 Å². The van der Waals surface area contributed by atoms with Crippen molar-refractivity contribution in [1.29, 1.82) is 0 Å². The zero-order chi connectivity index (χ0) is 16.2. The molecule has 1 aliphatic carbocycles. The number of carbonyl (C=O) groups excluding carboxylic acids is 1. The van der Waals surface area contributed by atoms with Gasteiger partial charge in [-0.05, 0) is 43.0 Å². The highest BCUT2D eigenvalue weighted by Gasteiger charge is 2.29. The minimum atomic E-state index is -0.359. The number of rotatable bonds is 6. The molecule has 3 rings (SSSR count). The van der Waals surface area contributed by atoms with Gasteiger partial charge >= 0.3 is 0 Å². The predicted molar refractivity (Wildman–Crippen MR) is 93.4 cm³/mol. The van der Waals surface area contributed by atoms with E-state index in [2.05, 4.69) is 17.6 Å². The quantitative estimate of drug-likeness (QED) is 0.841. The summed E-state index contributed by atoms with van der Waals surface area (Å²) in [5.74, 6) is 0.0412. The summed E-state index contributed by atoms with van der Waals surface area (Å²) in [6.45, 7) is 2.06. The molecule has 2 atom stereocenters. The van der Waals surface area contributed by atoms with E-state index < -0.39 is 0 Å². The van der Waals surface area contributed by atoms with Crippen molar-refractivity contribution >= 4 is 17.5 Å². The molecule has 2 aromatic carbocycles. The van der Waals surface area contributed by atoms with E-state index in [9.17, 15) is 4.79 Å². The van der Waals surface area contributed by atoms with E-state index in [4.69, 9.17) is 11.6 Å². The Morgan fingerprint density at radius 1 is 1.04 bits per heavy atom. The van der Waals surface area contributed by atoms with Crippen molar-refractivity contribution in [2.45, 2.75) is 37.9 Å². The molecule has 0 spiro atoms. The molecule has 0 heterocycles. The fraction of sp³-hybridized carbons (Fsp3) is 0.316. The Kier molecular flexibility index (Phi) is 4.99. The van der Waals surface area contributed by atoms with Gasteiger partial charge in [0.15, 0.2) is 0 Å². The molecule has 1 saturated carbocycles. The van der Waals surface area contributed by atoms with Gasteiger partial charge in [0, 0.05) is 17.1 Å². The van der Waals surface area contributed by atoms with Crippen molar-refractivity contribution in [3.63, 3.8) is 0 Å². The van der Waals surface area contributed by atoms with Crippen molar-refractivity contribution in [3.8, 4) is 0 Å². The third-order valence-electron chi connectivity index (χ3n) is 4.11. The Hall–Kier alpha value is -1.84. The minimum absolute atomic E-state index is 0.0412. The largest absolute Gasteiger partial charge is 0.352 e. The second-order valence-electron chi connectivity index (χ2n) is 6.07. The summed E-state index contributed by atoms with van der Waals surface area (Å²) in [5, 5.41) is 7.26. The molecule has 120 valence electrons. The van der Waals surface area contributed by atoms with Gasteiger partial charge in [0.05, 0.1) is 0 Å². The maximum absolute atomic E-state index is 12.6. The van der Waals surface area contributed by atoms with Crippen LogP contribution in [0, 0.1) is 0 Å². The van der Waals surface area contributed by atoms with Crippen LogP contribution in [0.3, 0.4) is 0 Å². The lowest BCUT2D eigenvalue weighted by Gasteiger charge is -2.23. The summed E-state index contributed by atoms with van der Waals surface area (Å²) in [6.07, 6.45) is 2.17. The molecule has 1 amide bonds. The van der Waals surface area contributed by atoms with Gasteiger partial charge in [0.2, 0.25) is 5.91 Å². The van der Waals surface area contributed by atoms with Crippen molar-refractivity contribution in [1.82, 2.24) is 10.6 Å². The van der Waals surface area contributed by atoms with Crippen LogP contribution in [-0.4, -0.2) is 11.9 Å². The number of hydrogen-bond acceptors (Lipinski definition) is 2. The maximum Gasteiger partial charge on any atom is 0.241 e. The van der Waals surface area contributed by atoms with Gasteiger partial charge in [-0.2, -0.15) is 0 Å². The summed E-state index contributed by atoms with van der Waals surface area (Å²) >= 11 is 5.95. The first-order chi connectivity index (χ1) is 11.1.